The Morgan fingerprint density at radius 1 is 1.43 bits per heavy atom. The molecular formula is C17H27N3O2S. The van der Waals surface area contributed by atoms with Gasteiger partial charge < -0.3 is 19.9 Å². The molecule has 5 nitrogen and oxygen atoms in total. The number of thioether (sulfide) groups is 1. The van der Waals surface area contributed by atoms with Gasteiger partial charge in [0, 0.05) is 18.8 Å². The van der Waals surface area contributed by atoms with Crippen LogP contribution < -0.4 is 10.1 Å². The number of carbonyl (C=O) groups is 1. The van der Waals surface area contributed by atoms with Gasteiger partial charge >= 0.3 is 6.03 Å². The third kappa shape index (κ3) is 5.32. The van der Waals surface area contributed by atoms with Crippen molar-refractivity contribution in [1.82, 2.24) is 9.80 Å². The van der Waals surface area contributed by atoms with Crippen molar-refractivity contribution in [3.63, 3.8) is 0 Å². The second kappa shape index (κ2) is 9.03. The number of nitrogens with zero attached hydrogens (tertiary/aromatic N) is 2. The maximum absolute atomic E-state index is 12.8. The fourth-order valence-corrected chi connectivity index (χ4v) is 3.76. The van der Waals surface area contributed by atoms with E-state index in [1.807, 2.05) is 47.9 Å². The van der Waals surface area contributed by atoms with Gasteiger partial charge in [-0.25, -0.2) is 4.79 Å². The Balaban J connectivity index is 2.10. The van der Waals surface area contributed by atoms with Crippen LogP contribution in [0.4, 0.5) is 10.5 Å². The van der Waals surface area contributed by atoms with Gasteiger partial charge in [0.05, 0.1) is 18.3 Å². The zero-order chi connectivity index (χ0) is 16.7. The maximum atomic E-state index is 12.8. The number of amides is 2. The summed E-state index contributed by atoms with van der Waals surface area (Å²) in [6.07, 6.45) is 1.04. The Labute approximate surface area is 143 Å². The minimum absolute atomic E-state index is 0.0356. The number of benzene rings is 1. The van der Waals surface area contributed by atoms with Gasteiger partial charge in [0.2, 0.25) is 0 Å². The maximum Gasteiger partial charge on any atom is 0.322 e. The summed E-state index contributed by atoms with van der Waals surface area (Å²) >= 11 is 1.93. The van der Waals surface area contributed by atoms with Crippen molar-refractivity contribution in [1.29, 1.82) is 0 Å². The van der Waals surface area contributed by atoms with Crippen LogP contribution in [0.5, 0.6) is 5.75 Å². The van der Waals surface area contributed by atoms with Crippen LogP contribution in [-0.2, 0) is 0 Å². The molecule has 0 radical (unpaired) electrons. The van der Waals surface area contributed by atoms with Crippen LogP contribution in [0.15, 0.2) is 24.3 Å². The van der Waals surface area contributed by atoms with E-state index >= 15 is 0 Å². The van der Waals surface area contributed by atoms with Gasteiger partial charge in [0.25, 0.3) is 0 Å². The van der Waals surface area contributed by atoms with Gasteiger partial charge in [-0.15, -0.1) is 0 Å². The lowest BCUT2D eigenvalue weighted by atomic mass is 10.2. The molecule has 1 fully saturated rings. The van der Waals surface area contributed by atoms with Gasteiger partial charge in [-0.3, -0.25) is 0 Å². The minimum atomic E-state index is -0.0356. The third-order valence-corrected chi connectivity index (χ3v) is 4.90. The van der Waals surface area contributed by atoms with Crippen LogP contribution in [-0.4, -0.2) is 67.2 Å². The molecule has 1 aromatic carbocycles. The first kappa shape index (κ1) is 17.9. The highest BCUT2D eigenvalue weighted by Crippen LogP contribution is 2.25. The second-order valence-corrected chi connectivity index (χ2v) is 7.05. The molecule has 0 saturated carbocycles. The molecule has 0 spiro atoms. The number of hydrogen-bond donors (Lipinski definition) is 1. The van der Waals surface area contributed by atoms with Crippen molar-refractivity contribution in [3.8, 4) is 5.75 Å². The number of rotatable bonds is 5. The average Bonchev–Trinajstić information content (AvgIpc) is 2.74. The van der Waals surface area contributed by atoms with Crippen LogP contribution in [0, 0.1) is 0 Å². The minimum Gasteiger partial charge on any atom is -0.492 e. The first-order chi connectivity index (χ1) is 11.1. The zero-order valence-electron chi connectivity index (χ0n) is 14.2. The summed E-state index contributed by atoms with van der Waals surface area (Å²) in [5.74, 6) is 2.82. The van der Waals surface area contributed by atoms with E-state index in [9.17, 15) is 4.79 Å². The molecule has 6 heteroatoms. The average molecular weight is 337 g/mol. The van der Waals surface area contributed by atoms with Crippen molar-refractivity contribution >= 4 is 23.5 Å². The molecular weight excluding hydrogens is 310 g/mol. The van der Waals surface area contributed by atoms with E-state index in [1.165, 1.54) is 0 Å². The molecule has 128 valence electrons. The molecule has 23 heavy (non-hydrogen) atoms. The standard InChI is InChI=1S/C17H27N3O2S/c1-4-22-16-9-6-5-8-15(16)18-17(21)20-10-7-11-23-13-14(20)12-19(2)3/h5-6,8-9,14H,4,7,10-13H2,1-3H3,(H,18,21)/t14-/m1/s1. The van der Waals surface area contributed by atoms with Crippen LogP contribution in [0.25, 0.3) is 0 Å². The Kier molecular flexibility index (Phi) is 7.05. The predicted octanol–water partition coefficient (Wildman–Crippen LogP) is 2.99. The number of nitrogens with one attached hydrogen (secondary N) is 1. The molecule has 1 aromatic rings. The molecule has 1 aliphatic rings. The van der Waals surface area contributed by atoms with E-state index in [4.69, 9.17) is 4.74 Å². The van der Waals surface area contributed by atoms with Crippen LogP contribution in [0.3, 0.4) is 0 Å². The summed E-state index contributed by atoms with van der Waals surface area (Å²) in [5.41, 5.74) is 0.736. The Bertz CT molecular complexity index is 510. The normalized spacial score (nSPS) is 18.6. The topological polar surface area (TPSA) is 44.8 Å². The molecule has 1 atom stereocenters. The zero-order valence-corrected chi connectivity index (χ0v) is 15.1. The van der Waals surface area contributed by atoms with Gasteiger partial charge in [0.15, 0.2) is 0 Å². The highest BCUT2D eigenvalue weighted by atomic mass is 32.2. The largest absolute Gasteiger partial charge is 0.492 e. The predicted molar refractivity (Wildman–Crippen MR) is 97.6 cm³/mol. The fraction of sp³-hybridized carbons (Fsp3) is 0.588. The van der Waals surface area contributed by atoms with Crippen LogP contribution in [0.1, 0.15) is 13.3 Å². The number of likely N-dealkylation sites (N-methyl/N-ethyl adjacent to an activating group) is 1. The first-order valence-electron chi connectivity index (χ1n) is 8.13. The number of urea groups is 1. The van der Waals surface area contributed by atoms with Gasteiger partial charge in [-0.2, -0.15) is 11.8 Å². The Hall–Kier alpha value is -1.40. The lowest BCUT2D eigenvalue weighted by molar-refractivity contribution is 0.180. The van der Waals surface area contributed by atoms with Crippen molar-refractivity contribution in [3.05, 3.63) is 24.3 Å². The molecule has 2 rings (SSSR count). The first-order valence-corrected chi connectivity index (χ1v) is 9.29. The van der Waals surface area contributed by atoms with E-state index < -0.39 is 0 Å². The second-order valence-electron chi connectivity index (χ2n) is 5.90. The lowest BCUT2D eigenvalue weighted by Gasteiger charge is -2.31. The summed E-state index contributed by atoms with van der Waals surface area (Å²) in [5, 5.41) is 3.03. The van der Waals surface area contributed by atoms with Crippen molar-refractivity contribution < 1.29 is 9.53 Å². The molecule has 1 heterocycles. The van der Waals surface area contributed by atoms with E-state index in [0.717, 1.165) is 42.5 Å². The molecule has 1 aliphatic heterocycles. The molecule has 1 N–H and O–H groups in total. The highest BCUT2D eigenvalue weighted by molar-refractivity contribution is 7.99. The number of carbonyl (C=O) groups excluding carboxylic acids is 1. The molecule has 0 aliphatic carbocycles. The monoisotopic (exact) mass is 337 g/mol. The van der Waals surface area contributed by atoms with E-state index in [0.29, 0.717) is 6.61 Å². The summed E-state index contributed by atoms with van der Waals surface area (Å²) in [6, 6.07) is 7.79. The number of hydrogen-bond acceptors (Lipinski definition) is 4. The SMILES string of the molecule is CCOc1ccccc1NC(=O)N1CCCSC[C@H]1CN(C)C. The smallest absolute Gasteiger partial charge is 0.322 e. The third-order valence-electron chi connectivity index (χ3n) is 3.70. The molecule has 2 amide bonds. The van der Waals surface area contributed by atoms with E-state index in [-0.39, 0.29) is 12.1 Å². The summed E-state index contributed by atoms with van der Waals surface area (Å²) in [6.45, 7) is 4.20. The molecule has 0 bridgehead atoms. The van der Waals surface area contributed by atoms with Crippen molar-refractivity contribution in [2.24, 2.45) is 0 Å². The quantitative estimate of drug-likeness (QED) is 0.897. The molecule has 0 unspecified atom stereocenters. The van der Waals surface area contributed by atoms with Gasteiger partial charge in [0.1, 0.15) is 5.75 Å². The van der Waals surface area contributed by atoms with E-state index in [1.54, 1.807) is 0 Å². The number of anilines is 1. The van der Waals surface area contributed by atoms with Gasteiger partial charge in [-0.05, 0) is 45.3 Å². The fourth-order valence-electron chi connectivity index (χ4n) is 2.71. The van der Waals surface area contributed by atoms with Crippen molar-refractivity contribution in [2.75, 3.05) is 50.6 Å². The van der Waals surface area contributed by atoms with E-state index in [2.05, 4.69) is 24.3 Å². The van der Waals surface area contributed by atoms with Gasteiger partial charge in [-0.1, -0.05) is 12.1 Å². The Morgan fingerprint density at radius 2 is 2.22 bits per heavy atom. The number of ether oxygens (including phenoxy) is 1. The molecule has 1 saturated heterocycles. The van der Waals surface area contributed by atoms with Crippen LogP contribution >= 0.6 is 11.8 Å². The lowest BCUT2D eigenvalue weighted by Crippen LogP contribution is -2.48. The summed E-state index contributed by atoms with van der Waals surface area (Å²) < 4.78 is 5.60. The summed E-state index contributed by atoms with van der Waals surface area (Å²) in [7, 11) is 4.10. The number of para-hydroxylation sites is 2. The summed E-state index contributed by atoms with van der Waals surface area (Å²) in [4.78, 5) is 16.9. The van der Waals surface area contributed by atoms with Crippen molar-refractivity contribution in [2.45, 2.75) is 19.4 Å². The van der Waals surface area contributed by atoms with Crippen LogP contribution in [0.2, 0.25) is 0 Å². The molecule has 0 aromatic heterocycles. The highest BCUT2D eigenvalue weighted by Gasteiger charge is 2.26. The Morgan fingerprint density at radius 3 is 2.96 bits per heavy atom.